The van der Waals surface area contributed by atoms with Gasteiger partial charge in [-0.2, -0.15) is 28.1 Å². The highest BCUT2D eigenvalue weighted by Gasteiger charge is 2.45. The maximum Gasteiger partial charge on any atom is 0.422 e. The number of aromatic nitrogens is 3. The average Bonchev–Trinajstić information content (AvgIpc) is 4.04. The van der Waals surface area contributed by atoms with Crippen LogP contribution in [0.3, 0.4) is 0 Å². The minimum Gasteiger partial charge on any atom is -0.454 e. The average molecular weight is 725 g/mol. The minimum atomic E-state index is -4.60. The predicted molar refractivity (Wildman–Crippen MR) is 180 cm³/mol. The quantitative estimate of drug-likeness (QED) is 0.0627. The first kappa shape index (κ1) is 35.7. The molecule has 2 saturated carbocycles. The molecule has 15 heteroatoms. The maximum absolute atomic E-state index is 13.1. The summed E-state index contributed by atoms with van der Waals surface area (Å²) in [6, 6.07) is 18.5. The summed E-state index contributed by atoms with van der Waals surface area (Å²) in [5.74, 6) is -1.92. The fraction of sp³-hybridized carbons (Fsp3) is 0.333. The van der Waals surface area contributed by atoms with Crippen molar-refractivity contribution in [3.8, 4) is 6.01 Å². The molecule has 2 aliphatic carbocycles. The molecule has 10 nitrogen and oxygen atoms in total. The van der Waals surface area contributed by atoms with E-state index in [1.165, 1.54) is 24.3 Å². The number of ether oxygens (including phenoxy) is 1. The van der Waals surface area contributed by atoms with Crippen molar-refractivity contribution in [2.45, 2.75) is 56.7 Å². The summed E-state index contributed by atoms with van der Waals surface area (Å²) in [6.07, 6.45) is -0.874. The highest BCUT2D eigenvalue weighted by molar-refractivity contribution is 6.36. The molecule has 2 fully saturated rings. The van der Waals surface area contributed by atoms with E-state index in [4.69, 9.17) is 16.3 Å². The molecule has 6 rings (SSSR count). The van der Waals surface area contributed by atoms with E-state index in [0.29, 0.717) is 28.3 Å². The molecule has 0 aliphatic heterocycles. The van der Waals surface area contributed by atoms with Gasteiger partial charge in [0, 0.05) is 35.7 Å². The van der Waals surface area contributed by atoms with Crippen LogP contribution in [-0.2, 0) is 21.5 Å². The molecular formula is C36H33ClF4N6O4. The molecule has 0 saturated heterocycles. The van der Waals surface area contributed by atoms with Crippen LogP contribution in [0.1, 0.15) is 60.0 Å². The Morgan fingerprint density at radius 2 is 1.51 bits per heavy atom. The Bertz CT molecular complexity index is 1900. The molecule has 1 amide bonds. The summed E-state index contributed by atoms with van der Waals surface area (Å²) in [5, 5.41) is 9.42. The van der Waals surface area contributed by atoms with Crippen molar-refractivity contribution in [3.63, 3.8) is 0 Å². The zero-order valence-electron chi connectivity index (χ0n) is 27.2. The fourth-order valence-electron chi connectivity index (χ4n) is 5.59. The van der Waals surface area contributed by atoms with Crippen molar-refractivity contribution in [2.24, 2.45) is 5.41 Å². The van der Waals surface area contributed by atoms with E-state index < -0.39 is 41.8 Å². The number of halogens is 5. The molecule has 0 radical (unpaired) electrons. The predicted octanol–water partition coefficient (Wildman–Crippen LogP) is 7.12. The third-order valence-corrected chi connectivity index (χ3v) is 9.19. The standard InChI is InChI=1S/C36H33ClF4N6O4/c37-25-7-5-24(6-8-25)35(17-18-35)47-32-44-31(45-33(46-32)51-21-36(39,40)41)43-27-11-3-23(4-12-27)28(48)13-14-34(15-16-34)20-42-30(50)29(49)19-22-1-9-26(38)10-2-22/h1-12H,13-21H2,(H,42,50)(H2,43,44,45,46,47). The summed E-state index contributed by atoms with van der Waals surface area (Å²) in [7, 11) is 0. The fourth-order valence-corrected chi connectivity index (χ4v) is 5.72. The van der Waals surface area contributed by atoms with E-state index in [1.807, 2.05) is 12.1 Å². The van der Waals surface area contributed by atoms with Crippen LogP contribution in [0.2, 0.25) is 5.02 Å². The lowest BCUT2D eigenvalue weighted by molar-refractivity contribution is -0.154. The van der Waals surface area contributed by atoms with Gasteiger partial charge < -0.3 is 20.7 Å². The van der Waals surface area contributed by atoms with Crippen molar-refractivity contribution >= 4 is 46.7 Å². The van der Waals surface area contributed by atoms with Crippen molar-refractivity contribution in [2.75, 3.05) is 23.8 Å². The van der Waals surface area contributed by atoms with Gasteiger partial charge in [-0.3, -0.25) is 14.4 Å². The van der Waals surface area contributed by atoms with Crippen molar-refractivity contribution < 1.29 is 36.7 Å². The number of amides is 1. The Balaban J connectivity index is 1.04. The van der Waals surface area contributed by atoms with E-state index in [0.717, 1.165) is 31.2 Å². The monoisotopic (exact) mass is 724 g/mol. The van der Waals surface area contributed by atoms with Crippen LogP contribution in [0.25, 0.3) is 0 Å². The number of anilines is 3. The van der Waals surface area contributed by atoms with Crippen LogP contribution in [-0.4, -0.2) is 51.8 Å². The van der Waals surface area contributed by atoms with E-state index in [2.05, 4.69) is 30.9 Å². The number of rotatable bonds is 16. The summed E-state index contributed by atoms with van der Waals surface area (Å²) < 4.78 is 56.7. The second kappa shape index (κ2) is 14.6. The van der Waals surface area contributed by atoms with Gasteiger partial charge in [0.1, 0.15) is 5.82 Å². The van der Waals surface area contributed by atoms with Crippen LogP contribution in [0.15, 0.2) is 72.8 Å². The number of nitrogens with one attached hydrogen (secondary N) is 3. The third-order valence-electron chi connectivity index (χ3n) is 8.94. The van der Waals surface area contributed by atoms with E-state index in [9.17, 15) is 31.9 Å². The number of benzene rings is 3. The number of hydrogen-bond donors (Lipinski definition) is 3. The van der Waals surface area contributed by atoms with Gasteiger partial charge in [-0.1, -0.05) is 35.9 Å². The van der Waals surface area contributed by atoms with Crippen LogP contribution in [0.4, 0.5) is 35.1 Å². The summed E-state index contributed by atoms with van der Waals surface area (Å²) in [6.45, 7) is -1.31. The molecule has 0 spiro atoms. The van der Waals surface area contributed by atoms with Crippen LogP contribution >= 0.6 is 11.6 Å². The summed E-state index contributed by atoms with van der Waals surface area (Å²) in [5.41, 5.74) is 1.60. The van der Waals surface area contributed by atoms with E-state index in [1.54, 1.807) is 36.4 Å². The third kappa shape index (κ3) is 9.78. The van der Waals surface area contributed by atoms with Gasteiger partial charge in [0.05, 0.1) is 5.54 Å². The lowest BCUT2D eigenvalue weighted by atomic mass is 9.96. The molecular weight excluding hydrogens is 692 g/mol. The van der Waals surface area contributed by atoms with Gasteiger partial charge in [-0.25, -0.2) is 4.39 Å². The normalized spacial score (nSPS) is 15.4. The first-order chi connectivity index (χ1) is 24.3. The first-order valence-electron chi connectivity index (χ1n) is 16.2. The topological polar surface area (TPSA) is 135 Å². The molecule has 51 heavy (non-hydrogen) atoms. The first-order valence-corrected chi connectivity index (χ1v) is 16.6. The van der Waals surface area contributed by atoms with Crippen molar-refractivity contribution in [1.82, 2.24) is 20.3 Å². The maximum atomic E-state index is 13.1. The molecule has 4 aromatic rings. The zero-order valence-corrected chi connectivity index (χ0v) is 27.9. The number of Topliss-reactive ketones (excluding diaryl/α,β-unsaturated/α-hetero) is 2. The van der Waals surface area contributed by atoms with Gasteiger partial charge in [0.25, 0.3) is 5.91 Å². The Kier molecular flexibility index (Phi) is 10.2. The minimum absolute atomic E-state index is 0.0198. The van der Waals surface area contributed by atoms with Gasteiger partial charge >= 0.3 is 12.2 Å². The number of alkyl halides is 3. The van der Waals surface area contributed by atoms with E-state index >= 15 is 0 Å². The number of carbonyl (C=O) groups excluding carboxylic acids is 3. The Morgan fingerprint density at radius 3 is 2.14 bits per heavy atom. The highest BCUT2D eigenvalue weighted by atomic mass is 35.5. The highest BCUT2D eigenvalue weighted by Crippen LogP contribution is 2.49. The van der Waals surface area contributed by atoms with Crippen molar-refractivity contribution in [1.29, 1.82) is 0 Å². The molecule has 1 heterocycles. The Hall–Kier alpha value is -5.11. The molecule has 3 aromatic carbocycles. The van der Waals surface area contributed by atoms with Crippen molar-refractivity contribution in [3.05, 3.63) is 100 Å². The lowest BCUT2D eigenvalue weighted by Crippen LogP contribution is -2.36. The molecule has 266 valence electrons. The van der Waals surface area contributed by atoms with Gasteiger partial charge in [-0.05, 0) is 97.2 Å². The number of nitrogens with zero attached hydrogens (tertiary/aromatic N) is 3. The SMILES string of the molecule is O=C(Cc1ccc(F)cc1)C(=O)NCC1(CCC(=O)c2ccc(Nc3nc(NC4(c5ccc(Cl)cc5)CC4)nc(OCC(F)(F)F)n3)cc2)CC1. The molecule has 0 bridgehead atoms. The van der Waals surface area contributed by atoms with Gasteiger partial charge in [0.2, 0.25) is 17.7 Å². The Labute approximate surface area is 295 Å². The lowest BCUT2D eigenvalue weighted by Gasteiger charge is -2.19. The van der Waals surface area contributed by atoms with E-state index in [-0.39, 0.29) is 42.5 Å². The molecule has 3 N–H and O–H groups in total. The Morgan fingerprint density at radius 1 is 0.843 bits per heavy atom. The van der Waals surface area contributed by atoms with Gasteiger partial charge in [-0.15, -0.1) is 0 Å². The second-order valence-corrected chi connectivity index (χ2v) is 13.4. The number of hydrogen-bond acceptors (Lipinski definition) is 9. The largest absolute Gasteiger partial charge is 0.454 e. The van der Waals surface area contributed by atoms with Crippen LogP contribution in [0.5, 0.6) is 6.01 Å². The smallest absolute Gasteiger partial charge is 0.422 e. The number of ketones is 2. The number of carbonyl (C=O) groups is 3. The molecule has 0 unspecified atom stereocenters. The van der Waals surface area contributed by atoms with Crippen LogP contribution in [0, 0.1) is 11.2 Å². The molecule has 0 atom stereocenters. The summed E-state index contributed by atoms with van der Waals surface area (Å²) >= 11 is 6.03. The second-order valence-electron chi connectivity index (χ2n) is 12.9. The molecule has 2 aliphatic rings. The summed E-state index contributed by atoms with van der Waals surface area (Å²) in [4.78, 5) is 50.2. The molecule has 1 aromatic heterocycles. The van der Waals surface area contributed by atoms with Gasteiger partial charge in [0.15, 0.2) is 12.4 Å². The van der Waals surface area contributed by atoms with Crippen LogP contribution < -0.4 is 20.7 Å². The zero-order chi connectivity index (χ0) is 36.2.